The van der Waals surface area contributed by atoms with E-state index in [0.29, 0.717) is 17.2 Å². The van der Waals surface area contributed by atoms with Crippen molar-refractivity contribution < 1.29 is 28.5 Å². The summed E-state index contributed by atoms with van der Waals surface area (Å²) in [5.41, 5.74) is 0.479. The van der Waals surface area contributed by atoms with Gasteiger partial charge in [0.1, 0.15) is 29.3 Å². The van der Waals surface area contributed by atoms with E-state index in [4.69, 9.17) is 18.9 Å². The summed E-state index contributed by atoms with van der Waals surface area (Å²) in [7, 11) is 3.21. The number of para-hydroxylation sites is 1. The highest BCUT2D eigenvalue weighted by Gasteiger charge is 2.72. The fourth-order valence-electron chi connectivity index (χ4n) is 6.21. The number of carbonyl (C=O) groups is 2. The van der Waals surface area contributed by atoms with Gasteiger partial charge in [-0.25, -0.2) is 0 Å². The van der Waals surface area contributed by atoms with Gasteiger partial charge in [-0.1, -0.05) is 37.5 Å². The minimum atomic E-state index is -0.484. The number of methoxy groups -OCH3 is 2. The Morgan fingerprint density at radius 2 is 1.59 bits per heavy atom. The van der Waals surface area contributed by atoms with E-state index in [-0.39, 0.29) is 29.9 Å². The normalized spacial score (nSPS) is 27.8. The molecular weight excluding hydrogens is 408 g/mol. The van der Waals surface area contributed by atoms with Gasteiger partial charge in [0, 0.05) is 11.3 Å². The predicted molar refractivity (Wildman–Crippen MR) is 117 cm³/mol. The van der Waals surface area contributed by atoms with E-state index in [1.54, 1.807) is 38.5 Å². The summed E-state index contributed by atoms with van der Waals surface area (Å²) in [5.74, 6) is 0.146. The first-order chi connectivity index (χ1) is 15.6. The number of esters is 2. The second kappa shape index (κ2) is 8.15. The molecule has 1 spiro atoms. The van der Waals surface area contributed by atoms with Gasteiger partial charge in [-0.3, -0.25) is 9.59 Å². The molecule has 0 bridgehead atoms. The number of ether oxygens (including phenoxy) is 4. The first kappa shape index (κ1) is 20.9. The molecule has 1 aliphatic heterocycles. The smallest absolute Gasteiger partial charge is 0.315 e. The second-order valence-corrected chi connectivity index (χ2v) is 9.02. The molecule has 1 heterocycles. The van der Waals surface area contributed by atoms with Crippen molar-refractivity contribution in [2.45, 2.75) is 44.1 Å². The van der Waals surface area contributed by atoms with Crippen LogP contribution in [0.3, 0.4) is 0 Å². The van der Waals surface area contributed by atoms with E-state index in [9.17, 15) is 9.59 Å². The average Bonchev–Trinajstić information content (AvgIpc) is 3.04. The summed E-state index contributed by atoms with van der Waals surface area (Å²) in [5, 5.41) is 0. The average molecular weight is 437 g/mol. The molecule has 0 N–H and O–H groups in total. The third-order valence-corrected chi connectivity index (χ3v) is 7.59. The molecule has 0 aromatic heterocycles. The van der Waals surface area contributed by atoms with Gasteiger partial charge in [-0.2, -0.15) is 0 Å². The van der Waals surface area contributed by atoms with Gasteiger partial charge >= 0.3 is 11.9 Å². The Morgan fingerprint density at radius 3 is 2.25 bits per heavy atom. The molecule has 0 radical (unpaired) electrons. The highest BCUT2D eigenvalue weighted by molar-refractivity contribution is 5.87. The molecule has 3 fully saturated rings. The number of hydrogen-bond donors (Lipinski definition) is 0. The fourth-order valence-corrected chi connectivity index (χ4v) is 6.21. The summed E-state index contributed by atoms with van der Waals surface area (Å²) in [4.78, 5) is 26.5. The van der Waals surface area contributed by atoms with Gasteiger partial charge < -0.3 is 18.9 Å². The van der Waals surface area contributed by atoms with Crippen LogP contribution in [0.25, 0.3) is 0 Å². The molecule has 0 amide bonds. The molecule has 5 rings (SSSR count). The number of fused-ring (bicyclic) bond motifs is 2. The Bertz CT molecular complexity index is 1010. The lowest BCUT2D eigenvalue weighted by Gasteiger charge is -2.45. The highest BCUT2D eigenvalue weighted by atomic mass is 16.6. The fraction of sp³-hybridized carbons (Fsp3) is 0.462. The monoisotopic (exact) mass is 436 g/mol. The molecule has 1 saturated heterocycles. The molecule has 6 nitrogen and oxygen atoms in total. The Kier molecular flexibility index (Phi) is 5.31. The molecule has 2 aromatic carbocycles. The molecule has 2 saturated carbocycles. The standard InChI is InChI=1S/C26H28O6/c1-29-16-10-12-17(13-11-16)31-25(28)22-20(18-8-4-5-9-19(18)30-2)21-23(32-24(21)27)26(22)14-6-3-7-15-26/h4-5,8-13,20-23H,3,6-7,14-15H2,1-2H3/t20-,21-,22+,23-/m1/s1. The quantitative estimate of drug-likeness (QED) is 0.507. The molecule has 4 atom stereocenters. The van der Waals surface area contributed by atoms with Crippen LogP contribution < -0.4 is 14.2 Å². The first-order valence-corrected chi connectivity index (χ1v) is 11.3. The number of carbonyl (C=O) groups excluding carboxylic acids is 2. The lowest BCUT2D eigenvalue weighted by Crippen LogP contribution is -2.52. The third kappa shape index (κ3) is 3.15. The van der Waals surface area contributed by atoms with Gasteiger partial charge in [0.05, 0.1) is 20.1 Å². The minimum absolute atomic E-state index is 0.226. The topological polar surface area (TPSA) is 71.1 Å². The first-order valence-electron chi connectivity index (χ1n) is 11.3. The highest BCUT2D eigenvalue weighted by Crippen LogP contribution is 2.66. The van der Waals surface area contributed by atoms with Crippen molar-refractivity contribution >= 4 is 11.9 Å². The molecule has 2 aromatic rings. The van der Waals surface area contributed by atoms with Crippen LogP contribution in [-0.2, 0) is 14.3 Å². The molecule has 168 valence electrons. The van der Waals surface area contributed by atoms with Crippen molar-refractivity contribution in [1.82, 2.24) is 0 Å². The van der Waals surface area contributed by atoms with Gasteiger partial charge in [0.2, 0.25) is 0 Å². The number of benzene rings is 2. The Labute approximate surface area is 187 Å². The van der Waals surface area contributed by atoms with Gasteiger partial charge in [0.15, 0.2) is 0 Å². The van der Waals surface area contributed by atoms with Crippen LogP contribution in [0.5, 0.6) is 17.2 Å². The van der Waals surface area contributed by atoms with E-state index in [1.165, 1.54) is 0 Å². The summed E-state index contributed by atoms with van der Waals surface area (Å²) >= 11 is 0. The van der Waals surface area contributed by atoms with Crippen molar-refractivity contribution in [2.24, 2.45) is 17.3 Å². The summed E-state index contributed by atoms with van der Waals surface area (Å²) in [6.45, 7) is 0. The summed E-state index contributed by atoms with van der Waals surface area (Å²) in [6.07, 6.45) is 4.63. The Hall–Kier alpha value is -3.02. The van der Waals surface area contributed by atoms with Crippen LogP contribution in [0.4, 0.5) is 0 Å². The number of rotatable bonds is 5. The molecular formula is C26H28O6. The van der Waals surface area contributed by atoms with E-state index in [2.05, 4.69) is 0 Å². The SMILES string of the molecule is COc1ccc(OC(=O)[C@@H]2[C@H](c3ccccc3OC)[C@H]3C(=O)O[C@H]3C23CCCCC3)cc1. The third-order valence-electron chi connectivity index (χ3n) is 7.59. The van der Waals surface area contributed by atoms with E-state index >= 15 is 0 Å². The zero-order valence-corrected chi connectivity index (χ0v) is 18.4. The van der Waals surface area contributed by atoms with Crippen molar-refractivity contribution in [2.75, 3.05) is 14.2 Å². The van der Waals surface area contributed by atoms with Gasteiger partial charge in [0.25, 0.3) is 0 Å². The second-order valence-electron chi connectivity index (χ2n) is 9.02. The zero-order valence-electron chi connectivity index (χ0n) is 18.4. The molecule has 6 heteroatoms. The minimum Gasteiger partial charge on any atom is -0.497 e. The molecule has 2 aliphatic carbocycles. The van der Waals surface area contributed by atoms with Crippen LogP contribution >= 0.6 is 0 Å². The van der Waals surface area contributed by atoms with Gasteiger partial charge in [-0.15, -0.1) is 0 Å². The van der Waals surface area contributed by atoms with Crippen molar-refractivity contribution in [3.8, 4) is 17.2 Å². The summed E-state index contributed by atoms with van der Waals surface area (Å²) < 4.78 is 22.5. The van der Waals surface area contributed by atoms with Crippen LogP contribution in [0.1, 0.15) is 43.6 Å². The lowest BCUT2D eigenvalue weighted by molar-refractivity contribution is -0.196. The Morgan fingerprint density at radius 1 is 0.906 bits per heavy atom. The largest absolute Gasteiger partial charge is 0.497 e. The van der Waals surface area contributed by atoms with Crippen molar-refractivity contribution in [1.29, 1.82) is 0 Å². The maximum Gasteiger partial charge on any atom is 0.315 e. The lowest BCUT2D eigenvalue weighted by atomic mass is 9.64. The van der Waals surface area contributed by atoms with E-state index in [0.717, 1.165) is 37.7 Å². The van der Waals surface area contributed by atoms with Gasteiger partial charge in [-0.05, 0) is 48.7 Å². The Balaban J connectivity index is 1.57. The molecule has 3 aliphatic rings. The van der Waals surface area contributed by atoms with Crippen LogP contribution in [0.2, 0.25) is 0 Å². The van der Waals surface area contributed by atoms with Crippen molar-refractivity contribution in [3.05, 3.63) is 54.1 Å². The van der Waals surface area contributed by atoms with Crippen LogP contribution in [0, 0.1) is 17.3 Å². The maximum atomic E-state index is 13.8. The zero-order chi connectivity index (χ0) is 22.3. The predicted octanol–water partition coefficient (Wildman–Crippen LogP) is 4.51. The van der Waals surface area contributed by atoms with Crippen molar-refractivity contribution in [3.63, 3.8) is 0 Å². The van der Waals surface area contributed by atoms with Crippen LogP contribution in [0.15, 0.2) is 48.5 Å². The van der Waals surface area contributed by atoms with E-state index in [1.807, 2.05) is 24.3 Å². The molecule has 32 heavy (non-hydrogen) atoms. The maximum absolute atomic E-state index is 13.8. The summed E-state index contributed by atoms with van der Waals surface area (Å²) in [6, 6.07) is 14.7. The van der Waals surface area contributed by atoms with E-state index < -0.39 is 11.3 Å². The number of hydrogen-bond acceptors (Lipinski definition) is 6. The van der Waals surface area contributed by atoms with Crippen LogP contribution in [-0.4, -0.2) is 32.3 Å². The molecule has 0 unspecified atom stereocenters.